The van der Waals surface area contributed by atoms with E-state index < -0.39 is 5.54 Å². The summed E-state index contributed by atoms with van der Waals surface area (Å²) in [5.74, 6) is -0.109. The van der Waals surface area contributed by atoms with Crippen LogP contribution in [-0.4, -0.2) is 47.5 Å². The van der Waals surface area contributed by atoms with Crippen molar-refractivity contribution in [2.24, 2.45) is 0 Å². The van der Waals surface area contributed by atoms with Gasteiger partial charge in [-0.2, -0.15) is 0 Å². The van der Waals surface area contributed by atoms with Crippen molar-refractivity contribution in [3.63, 3.8) is 0 Å². The standard InChI is InChI=1S/C13H26N2O3/c1-2-13(9-16,10-17)15-12(18)11-7-5-3-4-6-8-14-11/h11,14,16-17H,2-10H2,1H3,(H,15,18). The van der Waals surface area contributed by atoms with E-state index in [2.05, 4.69) is 10.6 Å². The molecule has 5 heteroatoms. The number of nitrogens with one attached hydrogen (secondary N) is 2. The Balaban J connectivity index is 2.56. The molecule has 1 saturated heterocycles. The van der Waals surface area contributed by atoms with Gasteiger partial charge in [0.15, 0.2) is 0 Å². The molecule has 106 valence electrons. The van der Waals surface area contributed by atoms with E-state index in [-0.39, 0.29) is 25.2 Å². The minimum atomic E-state index is -0.888. The van der Waals surface area contributed by atoms with Crippen molar-refractivity contribution >= 4 is 5.91 Å². The molecule has 1 unspecified atom stereocenters. The third-order valence-electron chi connectivity index (χ3n) is 3.80. The first-order valence-electron chi connectivity index (χ1n) is 6.94. The lowest BCUT2D eigenvalue weighted by atomic mass is 9.96. The number of hydrogen-bond donors (Lipinski definition) is 4. The van der Waals surface area contributed by atoms with E-state index in [4.69, 9.17) is 0 Å². The zero-order valence-electron chi connectivity index (χ0n) is 11.2. The van der Waals surface area contributed by atoms with Crippen LogP contribution >= 0.6 is 0 Å². The van der Waals surface area contributed by atoms with Crippen LogP contribution in [0.2, 0.25) is 0 Å². The molecule has 0 aliphatic carbocycles. The van der Waals surface area contributed by atoms with Crippen molar-refractivity contribution in [2.75, 3.05) is 19.8 Å². The first-order valence-corrected chi connectivity index (χ1v) is 6.94. The van der Waals surface area contributed by atoms with Gasteiger partial charge in [-0.25, -0.2) is 0 Å². The van der Waals surface area contributed by atoms with Gasteiger partial charge in [0.2, 0.25) is 5.91 Å². The summed E-state index contributed by atoms with van der Waals surface area (Å²) < 4.78 is 0. The van der Waals surface area contributed by atoms with E-state index in [9.17, 15) is 15.0 Å². The molecule has 1 aliphatic rings. The molecule has 0 saturated carbocycles. The van der Waals surface area contributed by atoms with Gasteiger partial charge in [0.05, 0.1) is 24.8 Å². The van der Waals surface area contributed by atoms with Crippen LogP contribution in [0.3, 0.4) is 0 Å². The van der Waals surface area contributed by atoms with E-state index in [1.165, 1.54) is 12.8 Å². The van der Waals surface area contributed by atoms with Crippen LogP contribution in [-0.2, 0) is 4.79 Å². The Hall–Kier alpha value is -0.650. The van der Waals surface area contributed by atoms with Crippen LogP contribution in [0.5, 0.6) is 0 Å². The van der Waals surface area contributed by atoms with Gasteiger partial charge in [0.1, 0.15) is 0 Å². The monoisotopic (exact) mass is 258 g/mol. The predicted molar refractivity (Wildman–Crippen MR) is 70.2 cm³/mol. The smallest absolute Gasteiger partial charge is 0.237 e. The summed E-state index contributed by atoms with van der Waals surface area (Å²) in [6.07, 6.45) is 5.87. The fourth-order valence-corrected chi connectivity index (χ4v) is 2.22. The van der Waals surface area contributed by atoms with Gasteiger partial charge < -0.3 is 20.8 Å². The minimum absolute atomic E-state index is 0.109. The Morgan fingerprint density at radius 3 is 2.56 bits per heavy atom. The summed E-state index contributed by atoms with van der Waals surface area (Å²) in [4.78, 5) is 12.2. The summed E-state index contributed by atoms with van der Waals surface area (Å²) in [6, 6.07) is -0.200. The van der Waals surface area contributed by atoms with E-state index in [1.807, 2.05) is 6.92 Å². The van der Waals surface area contributed by atoms with Crippen molar-refractivity contribution in [3.05, 3.63) is 0 Å². The highest BCUT2D eigenvalue weighted by atomic mass is 16.3. The van der Waals surface area contributed by atoms with Crippen LogP contribution in [0.25, 0.3) is 0 Å². The first kappa shape index (κ1) is 15.4. The predicted octanol–water partition coefficient (Wildman–Crippen LogP) is 0.158. The third kappa shape index (κ3) is 4.23. The third-order valence-corrected chi connectivity index (χ3v) is 3.80. The molecule has 0 bridgehead atoms. The zero-order chi connectivity index (χ0) is 13.4. The Morgan fingerprint density at radius 2 is 1.94 bits per heavy atom. The Kier molecular flexibility index (Phi) is 6.60. The minimum Gasteiger partial charge on any atom is -0.394 e. The molecule has 0 spiro atoms. The summed E-state index contributed by atoms with van der Waals surface area (Å²) >= 11 is 0. The fourth-order valence-electron chi connectivity index (χ4n) is 2.22. The normalized spacial score (nSPS) is 22.1. The lowest BCUT2D eigenvalue weighted by molar-refractivity contribution is -0.126. The van der Waals surface area contributed by atoms with Crippen molar-refractivity contribution in [2.45, 2.75) is 57.0 Å². The van der Waals surface area contributed by atoms with Gasteiger partial charge in [-0.1, -0.05) is 26.2 Å². The van der Waals surface area contributed by atoms with Crippen LogP contribution in [0.15, 0.2) is 0 Å². The molecule has 0 aromatic carbocycles. The fraction of sp³-hybridized carbons (Fsp3) is 0.923. The zero-order valence-corrected chi connectivity index (χ0v) is 11.2. The van der Waals surface area contributed by atoms with Crippen molar-refractivity contribution in [1.82, 2.24) is 10.6 Å². The summed E-state index contributed by atoms with van der Waals surface area (Å²) in [5.41, 5.74) is -0.888. The molecule has 0 radical (unpaired) electrons. The number of rotatable bonds is 5. The second-order valence-corrected chi connectivity index (χ2v) is 5.15. The highest BCUT2D eigenvalue weighted by Gasteiger charge is 2.31. The van der Waals surface area contributed by atoms with Crippen LogP contribution in [0.1, 0.15) is 45.4 Å². The van der Waals surface area contributed by atoms with Crippen LogP contribution in [0.4, 0.5) is 0 Å². The molecule has 4 N–H and O–H groups in total. The van der Waals surface area contributed by atoms with Gasteiger partial charge in [0.25, 0.3) is 0 Å². The second-order valence-electron chi connectivity index (χ2n) is 5.15. The second kappa shape index (κ2) is 7.71. The van der Waals surface area contributed by atoms with Gasteiger partial charge in [0, 0.05) is 0 Å². The highest BCUT2D eigenvalue weighted by Crippen LogP contribution is 2.13. The van der Waals surface area contributed by atoms with E-state index in [0.717, 1.165) is 25.8 Å². The SMILES string of the molecule is CCC(CO)(CO)NC(=O)C1CCCCCCN1. The number of carbonyl (C=O) groups excluding carboxylic acids is 1. The molecule has 0 aromatic rings. The molecular formula is C13H26N2O3. The Morgan fingerprint density at radius 1 is 1.28 bits per heavy atom. The van der Waals surface area contributed by atoms with Gasteiger partial charge in [-0.3, -0.25) is 4.79 Å². The maximum Gasteiger partial charge on any atom is 0.237 e. The molecule has 1 amide bonds. The summed E-state index contributed by atoms with van der Waals surface area (Å²) in [6.45, 7) is 2.23. The Bertz CT molecular complexity index is 238. The van der Waals surface area contributed by atoms with Crippen LogP contribution in [0, 0.1) is 0 Å². The van der Waals surface area contributed by atoms with Gasteiger partial charge >= 0.3 is 0 Å². The highest BCUT2D eigenvalue weighted by molar-refractivity contribution is 5.82. The van der Waals surface area contributed by atoms with E-state index >= 15 is 0 Å². The van der Waals surface area contributed by atoms with Gasteiger partial charge in [-0.15, -0.1) is 0 Å². The number of hydrogen-bond acceptors (Lipinski definition) is 4. The van der Waals surface area contributed by atoms with Crippen molar-refractivity contribution < 1.29 is 15.0 Å². The Labute approximate surface area is 109 Å². The van der Waals surface area contributed by atoms with Crippen molar-refractivity contribution in [3.8, 4) is 0 Å². The summed E-state index contributed by atoms with van der Waals surface area (Å²) in [5, 5.41) is 24.7. The maximum atomic E-state index is 12.2. The molecule has 1 fully saturated rings. The van der Waals surface area contributed by atoms with Gasteiger partial charge in [-0.05, 0) is 25.8 Å². The largest absolute Gasteiger partial charge is 0.394 e. The number of carbonyl (C=O) groups is 1. The van der Waals surface area contributed by atoms with E-state index in [1.54, 1.807) is 0 Å². The number of amides is 1. The molecule has 1 rings (SSSR count). The molecule has 1 atom stereocenters. The van der Waals surface area contributed by atoms with Crippen molar-refractivity contribution in [1.29, 1.82) is 0 Å². The lowest BCUT2D eigenvalue weighted by Crippen LogP contribution is -2.58. The van der Waals surface area contributed by atoms with E-state index in [0.29, 0.717) is 6.42 Å². The lowest BCUT2D eigenvalue weighted by Gasteiger charge is -2.32. The molecule has 5 nitrogen and oxygen atoms in total. The number of aliphatic hydroxyl groups excluding tert-OH is 2. The molecule has 0 aromatic heterocycles. The topological polar surface area (TPSA) is 81.6 Å². The molecule has 1 heterocycles. The molecule has 18 heavy (non-hydrogen) atoms. The average molecular weight is 258 g/mol. The summed E-state index contributed by atoms with van der Waals surface area (Å²) in [7, 11) is 0. The maximum absolute atomic E-state index is 12.2. The average Bonchev–Trinajstić information content (AvgIpc) is 2.35. The molecular weight excluding hydrogens is 232 g/mol. The van der Waals surface area contributed by atoms with Crippen LogP contribution < -0.4 is 10.6 Å². The quantitative estimate of drug-likeness (QED) is 0.566. The molecule has 1 aliphatic heterocycles. The first-order chi connectivity index (χ1) is 8.67. The number of aliphatic hydroxyl groups is 2.